The van der Waals surface area contributed by atoms with E-state index in [-0.39, 0.29) is 29.8 Å². The van der Waals surface area contributed by atoms with E-state index in [0.29, 0.717) is 22.6 Å². The highest BCUT2D eigenvalue weighted by Gasteiger charge is 2.41. The number of hydrogen-bond donors (Lipinski definition) is 2. The van der Waals surface area contributed by atoms with Crippen LogP contribution in [0.15, 0.2) is 18.2 Å². The monoisotopic (exact) mass is 427 g/mol. The van der Waals surface area contributed by atoms with E-state index in [1.54, 1.807) is 12.1 Å². The van der Waals surface area contributed by atoms with Gasteiger partial charge >= 0.3 is 6.03 Å². The summed E-state index contributed by atoms with van der Waals surface area (Å²) >= 11 is 0. The van der Waals surface area contributed by atoms with Crippen molar-refractivity contribution in [3.63, 3.8) is 0 Å². The van der Waals surface area contributed by atoms with Crippen LogP contribution in [0.5, 0.6) is 0 Å². The number of halogens is 1. The second-order valence-electron chi connectivity index (χ2n) is 9.33. The van der Waals surface area contributed by atoms with E-state index in [1.165, 1.54) is 6.07 Å². The number of carbonyl (C=O) groups is 2. The van der Waals surface area contributed by atoms with E-state index in [9.17, 15) is 14.0 Å². The number of aromatic amines is 1. The molecule has 1 aliphatic carbocycles. The third-order valence-electron chi connectivity index (χ3n) is 7.26. The predicted octanol–water partition coefficient (Wildman–Crippen LogP) is 2.71. The summed E-state index contributed by atoms with van der Waals surface area (Å²) in [4.78, 5) is 34.5. The maximum Gasteiger partial charge on any atom is 0.320 e. The van der Waals surface area contributed by atoms with Crippen LogP contribution in [0.3, 0.4) is 0 Å². The van der Waals surface area contributed by atoms with Crippen LogP contribution in [0.4, 0.5) is 9.18 Å². The number of fused-ring (bicyclic) bond motifs is 2. The van der Waals surface area contributed by atoms with Crippen molar-refractivity contribution in [2.75, 3.05) is 33.2 Å². The largest absolute Gasteiger partial charge is 0.350 e. The molecule has 3 aliphatic rings. The molecule has 2 saturated heterocycles. The van der Waals surface area contributed by atoms with Crippen LogP contribution in [-0.2, 0) is 0 Å². The zero-order valence-corrected chi connectivity index (χ0v) is 18.2. The lowest BCUT2D eigenvalue weighted by atomic mass is 9.89. The van der Waals surface area contributed by atoms with Crippen molar-refractivity contribution < 1.29 is 14.0 Å². The topological polar surface area (TPSA) is 71.7 Å². The van der Waals surface area contributed by atoms with Gasteiger partial charge in [-0.05, 0) is 50.3 Å². The molecule has 1 aromatic carbocycles. The van der Waals surface area contributed by atoms with Gasteiger partial charge in [0.15, 0.2) is 0 Å². The number of aromatic nitrogens is 1. The average molecular weight is 428 g/mol. The zero-order valence-electron chi connectivity index (χ0n) is 18.2. The number of hydrogen-bond acceptors (Lipinski definition) is 3. The van der Waals surface area contributed by atoms with Gasteiger partial charge in [0.1, 0.15) is 11.5 Å². The van der Waals surface area contributed by atoms with Gasteiger partial charge in [-0.2, -0.15) is 0 Å². The van der Waals surface area contributed by atoms with E-state index in [1.807, 2.05) is 23.8 Å². The van der Waals surface area contributed by atoms with E-state index in [0.717, 1.165) is 57.4 Å². The Hall–Kier alpha value is -2.61. The van der Waals surface area contributed by atoms with Gasteiger partial charge in [0.2, 0.25) is 0 Å². The van der Waals surface area contributed by atoms with Crippen LogP contribution < -0.4 is 5.32 Å². The highest BCUT2D eigenvalue weighted by Crippen LogP contribution is 2.28. The smallest absolute Gasteiger partial charge is 0.320 e. The van der Waals surface area contributed by atoms with Crippen LogP contribution >= 0.6 is 0 Å². The number of nitrogens with one attached hydrogen (secondary N) is 2. The van der Waals surface area contributed by atoms with Gasteiger partial charge in [-0.3, -0.25) is 9.69 Å². The number of amides is 3. The maximum absolute atomic E-state index is 14.1. The van der Waals surface area contributed by atoms with Crippen LogP contribution in [0.2, 0.25) is 0 Å². The second kappa shape index (κ2) is 7.82. The molecular weight excluding hydrogens is 397 g/mol. The molecule has 1 unspecified atom stereocenters. The molecule has 3 atom stereocenters. The van der Waals surface area contributed by atoms with Crippen molar-refractivity contribution in [3.05, 3.63) is 35.3 Å². The van der Waals surface area contributed by atoms with Crippen LogP contribution in [0.25, 0.3) is 10.9 Å². The summed E-state index contributed by atoms with van der Waals surface area (Å²) in [5, 5.41) is 3.63. The molecule has 31 heavy (non-hydrogen) atoms. The highest BCUT2D eigenvalue weighted by atomic mass is 19.1. The Morgan fingerprint density at radius 2 is 2.03 bits per heavy atom. The number of carbonyl (C=O) groups excluding carboxylic acids is 2. The molecule has 2 aliphatic heterocycles. The minimum Gasteiger partial charge on any atom is -0.350 e. The summed E-state index contributed by atoms with van der Waals surface area (Å²) < 4.78 is 14.1. The predicted molar refractivity (Wildman–Crippen MR) is 117 cm³/mol. The summed E-state index contributed by atoms with van der Waals surface area (Å²) in [6, 6.07) is 5.71. The summed E-state index contributed by atoms with van der Waals surface area (Å²) in [5.74, 6) is -0.489. The summed E-state index contributed by atoms with van der Waals surface area (Å²) in [5.41, 5.74) is 2.01. The van der Waals surface area contributed by atoms with Gasteiger partial charge in [0.05, 0.1) is 11.6 Å². The van der Waals surface area contributed by atoms with Gasteiger partial charge in [-0.25, -0.2) is 9.18 Å². The van der Waals surface area contributed by atoms with Gasteiger partial charge in [0.25, 0.3) is 5.91 Å². The average Bonchev–Trinajstić information content (AvgIpc) is 3.34. The SMILES string of the molecule is Cc1ccc(F)c2cc(C(=O)N[C@@H]3CCC[C@@H](N4CCN5C(=O)N(C)CC5C4)C3)[nH]c12. The lowest BCUT2D eigenvalue weighted by Crippen LogP contribution is -2.56. The Bertz CT molecular complexity index is 982. The Labute approximate surface area is 181 Å². The maximum atomic E-state index is 14.1. The third-order valence-corrected chi connectivity index (χ3v) is 7.26. The molecule has 0 spiro atoms. The van der Waals surface area contributed by atoms with E-state index >= 15 is 0 Å². The number of urea groups is 1. The Morgan fingerprint density at radius 1 is 1.19 bits per heavy atom. The molecule has 3 fully saturated rings. The normalized spacial score (nSPS) is 27.1. The molecule has 5 rings (SSSR count). The fourth-order valence-electron chi connectivity index (χ4n) is 5.57. The number of nitrogens with zero attached hydrogens (tertiary/aromatic N) is 3. The standard InChI is InChI=1S/C23H30FN5O2/c1-14-6-7-19(24)18-11-20(26-21(14)18)22(30)25-15-4-3-5-16(10-15)28-8-9-29-17(13-28)12-27(2)23(29)31/h6-7,11,15-17,26H,3-5,8-10,12-13H2,1-2H3,(H,25,30)/t15-,16-,17?/m1/s1. The molecular formula is C23H30FN5O2. The van der Waals surface area contributed by atoms with Crippen molar-refractivity contribution >= 4 is 22.8 Å². The van der Waals surface area contributed by atoms with Crippen molar-refractivity contribution in [2.45, 2.75) is 50.7 Å². The Balaban J connectivity index is 1.23. The minimum absolute atomic E-state index is 0.106. The minimum atomic E-state index is -0.316. The molecule has 1 saturated carbocycles. The molecule has 2 aromatic rings. The Kier molecular flexibility index (Phi) is 5.12. The van der Waals surface area contributed by atoms with Crippen LogP contribution in [0.1, 0.15) is 41.7 Å². The van der Waals surface area contributed by atoms with E-state index in [2.05, 4.69) is 15.2 Å². The van der Waals surface area contributed by atoms with Gasteiger partial charge in [-0.15, -0.1) is 0 Å². The van der Waals surface area contributed by atoms with Gasteiger partial charge < -0.3 is 20.1 Å². The summed E-state index contributed by atoms with van der Waals surface area (Å²) in [7, 11) is 1.87. The van der Waals surface area contributed by atoms with Crippen molar-refractivity contribution in [3.8, 4) is 0 Å². The summed E-state index contributed by atoms with van der Waals surface area (Å²) in [6.45, 7) is 5.27. The first-order valence-electron chi connectivity index (χ1n) is 11.2. The fourth-order valence-corrected chi connectivity index (χ4v) is 5.57. The Morgan fingerprint density at radius 3 is 2.84 bits per heavy atom. The fraction of sp³-hybridized carbons (Fsp3) is 0.565. The lowest BCUT2D eigenvalue weighted by molar-refractivity contribution is 0.0630. The van der Waals surface area contributed by atoms with Crippen molar-refractivity contribution in [1.82, 2.24) is 25.0 Å². The molecule has 0 radical (unpaired) electrons. The number of piperazine rings is 1. The van der Waals surface area contributed by atoms with E-state index < -0.39 is 0 Å². The molecule has 8 heteroatoms. The number of aryl methyl sites for hydroxylation is 1. The lowest BCUT2D eigenvalue weighted by Gasteiger charge is -2.43. The third kappa shape index (κ3) is 3.67. The van der Waals surface area contributed by atoms with Crippen LogP contribution in [0, 0.1) is 12.7 Å². The van der Waals surface area contributed by atoms with Crippen LogP contribution in [-0.4, -0.2) is 83.0 Å². The number of benzene rings is 1. The summed E-state index contributed by atoms with van der Waals surface area (Å²) in [6.07, 6.45) is 4.07. The molecule has 2 N–H and O–H groups in total. The molecule has 7 nitrogen and oxygen atoms in total. The first-order chi connectivity index (χ1) is 14.9. The van der Waals surface area contributed by atoms with Crippen molar-refractivity contribution in [2.24, 2.45) is 0 Å². The van der Waals surface area contributed by atoms with Gasteiger partial charge in [0, 0.05) is 50.7 Å². The number of rotatable bonds is 3. The van der Waals surface area contributed by atoms with Gasteiger partial charge in [-0.1, -0.05) is 6.07 Å². The number of H-pyrrole nitrogens is 1. The molecule has 3 amide bonds. The quantitative estimate of drug-likeness (QED) is 0.791. The highest BCUT2D eigenvalue weighted by molar-refractivity contribution is 5.99. The van der Waals surface area contributed by atoms with Crippen molar-refractivity contribution in [1.29, 1.82) is 0 Å². The first-order valence-corrected chi connectivity index (χ1v) is 11.2. The zero-order chi connectivity index (χ0) is 21.7. The molecule has 166 valence electrons. The van der Waals surface area contributed by atoms with E-state index in [4.69, 9.17) is 0 Å². The molecule has 0 bridgehead atoms. The molecule has 1 aromatic heterocycles. The molecule has 3 heterocycles. The second-order valence-corrected chi connectivity index (χ2v) is 9.33. The number of likely N-dealkylation sites (N-methyl/N-ethyl adjacent to an activating group) is 1. The first kappa shape index (κ1) is 20.3.